The summed E-state index contributed by atoms with van der Waals surface area (Å²) in [6.45, 7) is 6.74. The molecule has 0 aliphatic rings. The van der Waals surface area contributed by atoms with E-state index in [-0.39, 0.29) is 5.41 Å². The van der Waals surface area contributed by atoms with E-state index in [4.69, 9.17) is 0 Å². The summed E-state index contributed by atoms with van der Waals surface area (Å²) in [6, 6.07) is 31.2. The average molecular weight is 467 g/mol. The molecule has 36 heavy (non-hydrogen) atoms. The second-order valence-electron chi connectivity index (χ2n) is 10.6. The van der Waals surface area contributed by atoms with Crippen molar-refractivity contribution in [3.8, 4) is 22.3 Å². The number of hydrogen-bond acceptors (Lipinski definition) is 2. The highest BCUT2D eigenvalue weighted by Crippen LogP contribution is 2.45. The van der Waals surface area contributed by atoms with Crippen LogP contribution in [-0.2, 0) is 5.41 Å². The third-order valence-corrected chi connectivity index (χ3v) is 7.25. The Hall–Kier alpha value is -4.30. The van der Waals surface area contributed by atoms with E-state index in [1.165, 1.54) is 27.1 Å². The lowest BCUT2D eigenvalue weighted by Gasteiger charge is -2.23. The van der Waals surface area contributed by atoms with Crippen LogP contribution in [0.3, 0.4) is 0 Å². The molecule has 6 rings (SSSR count). The molecule has 0 bridgehead atoms. The molecule has 0 atom stereocenters. The fourth-order valence-electron chi connectivity index (χ4n) is 5.39. The molecular formula is C34H26O2. The van der Waals surface area contributed by atoms with Gasteiger partial charge in [0.1, 0.15) is 12.6 Å². The maximum Gasteiger partial charge on any atom is 0.150 e. The van der Waals surface area contributed by atoms with Crippen LogP contribution in [0.4, 0.5) is 0 Å². The summed E-state index contributed by atoms with van der Waals surface area (Å²) in [7, 11) is 0. The number of carbonyl (C=O) groups is 2. The van der Waals surface area contributed by atoms with Gasteiger partial charge in [-0.05, 0) is 83.7 Å². The molecule has 0 saturated carbocycles. The minimum Gasteiger partial charge on any atom is -0.298 e. The Bertz CT molecular complexity index is 1680. The second-order valence-corrected chi connectivity index (χ2v) is 10.6. The molecule has 0 heterocycles. The van der Waals surface area contributed by atoms with Crippen molar-refractivity contribution in [1.82, 2.24) is 0 Å². The van der Waals surface area contributed by atoms with Crippen molar-refractivity contribution in [3.05, 3.63) is 108 Å². The number of hydrogen-bond donors (Lipinski definition) is 0. The molecule has 0 aromatic heterocycles. The van der Waals surface area contributed by atoms with Gasteiger partial charge in [0.25, 0.3) is 0 Å². The molecule has 6 aromatic carbocycles. The van der Waals surface area contributed by atoms with Crippen molar-refractivity contribution in [2.45, 2.75) is 26.2 Å². The Morgan fingerprint density at radius 2 is 1.06 bits per heavy atom. The Labute approximate surface area is 210 Å². The Morgan fingerprint density at radius 1 is 0.556 bits per heavy atom. The average Bonchev–Trinajstić information content (AvgIpc) is 2.90. The van der Waals surface area contributed by atoms with Crippen molar-refractivity contribution < 1.29 is 9.59 Å². The first-order valence-corrected chi connectivity index (χ1v) is 12.2. The van der Waals surface area contributed by atoms with E-state index in [1.807, 2.05) is 36.4 Å². The van der Waals surface area contributed by atoms with Crippen LogP contribution < -0.4 is 0 Å². The van der Waals surface area contributed by atoms with Crippen molar-refractivity contribution in [3.63, 3.8) is 0 Å². The largest absolute Gasteiger partial charge is 0.298 e. The van der Waals surface area contributed by atoms with E-state index >= 15 is 0 Å². The lowest BCUT2D eigenvalue weighted by Crippen LogP contribution is -2.10. The maximum atomic E-state index is 11.6. The minimum absolute atomic E-state index is 0.0469. The summed E-state index contributed by atoms with van der Waals surface area (Å²) >= 11 is 0. The number of carbonyl (C=O) groups excluding carboxylic acids is 2. The topological polar surface area (TPSA) is 34.1 Å². The van der Waals surface area contributed by atoms with Gasteiger partial charge in [-0.2, -0.15) is 0 Å². The standard InChI is InChI=1S/C34H26O2/c1-34(2,3)27-16-25-10-12-28-30(23-8-4-6-21(14-23)19-35)18-31(24-9-5-7-22(15-24)20-36)29-13-11-26(17-27)32(25)33(28)29/h4-20H,1-3H3. The first-order chi connectivity index (χ1) is 17.4. The first kappa shape index (κ1) is 22.2. The van der Waals surface area contributed by atoms with Gasteiger partial charge in [-0.25, -0.2) is 0 Å². The van der Waals surface area contributed by atoms with Crippen LogP contribution in [0.5, 0.6) is 0 Å². The molecule has 0 N–H and O–H groups in total. The second kappa shape index (κ2) is 8.13. The van der Waals surface area contributed by atoms with Gasteiger partial charge in [0.15, 0.2) is 0 Å². The highest BCUT2D eigenvalue weighted by molar-refractivity contribution is 6.28. The van der Waals surface area contributed by atoms with Gasteiger partial charge < -0.3 is 0 Å². The quantitative estimate of drug-likeness (QED) is 0.192. The van der Waals surface area contributed by atoms with Crippen molar-refractivity contribution in [1.29, 1.82) is 0 Å². The van der Waals surface area contributed by atoms with Crippen molar-refractivity contribution in [2.75, 3.05) is 0 Å². The monoisotopic (exact) mass is 466 g/mol. The molecule has 0 amide bonds. The van der Waals surface area contributed by atoms with Crippen LogP contribution in [0.15, 0.2) is 91.0 Å². The normalized spacial score (nSPS) is 12.0. The molecule has 0 saturated heterocycles. The molecule has 2 heteroatoms. The Balaban J connectivity index is 1.78. The molecule has 0 radical (unpaired) electrons. The van der Waals surface area contributed by atoms with E-state index in [0.717, 1.165) is 45.6 Å². The zero-order chi connectivity index (χ0) is 25.0. The molecule has 0 aliphatic heterocycles. The van der Waals surface area contributed by atoms with E-state index in [1.54, 1.807) is 0 Å². The molecule has 0 unspecified atom stereocenters. The van der Waals surface area contributed by atoms with Gasteiger partial charge >= 0.3 is 0 Å². The number of benzene rings is 6. The summed E-state index contributed by atoms with van der Waals surface area (Å²) in [5.74, 6) is 0. The third-order valence-electron chi connectivity index (χ3n) is 7.25. The van der Waals surface area contributed by atoms with Crippen LogP contribution in [0.2, 0.25) is 0 Å². The lowest BCUT2D eigenvalue weighted by molar-refractivity contribution is 0.111. The summed E-state index contributed by atoms with van der Waals surface area (Å²) < 4.78 is 0. The zero-order valence-corrected chi connectivity index (χ0v) is 20.6. The lowest BCUT2D eigenvalue weighted by atomic mass is 9.81. The van der Waals surface area contributed by atoms with Gasteiger partial charge in [-0.1, -0.05) is 93.6 Å². The van der Waals surface area contributed by atoms with Gasteiger partial charge in [0.05, 0.1) is 0 Å². The zero-order valence-electron chi connectivity index (χ0n) is 20.6. The van der Waals surface area contributed by atoms with Gasteiger partial charge in [0, 0.05) is 11.1 Å². The van der Waals surface area contributed by atoms with E-state index in [9.17, 15) is 9.59 Å². The fraction of sp³-hybridized carbons (Fsp3) is 0.118. The van der Waals surface area contributed by atoms with Crippen LogP contribution in [0.25, 0.3) is 54.6 Å². The molecule has 2 nitrogen and oxygen atoms in total. The van der Waals surface area contributed by atoms with Crippen molar-refractivity contribution in [2.24, 2.45) is 0 Å². The summed E-state index contributed by atoms with van der Waals surface area (Å²) in [5.41, 5.74) is 6.81. The van der Waals surface area contributed by atoms with Gasteiger partial charge in [0.2, 0.25) is 0 Å². The van der Waals surface area contributed by atoms with Crippen LogP contribution in [-0.4, -0.2) is 12.6 Å². The SMILES string of the molecule is CC(C)(C)c1cc2ccc3c(-c4cccc(C=O)c4)cc(-c4cccc(C=O)c4)c4ccc(c1)c2c34. The molecular weight excluding hydrogens is 440 g/mol. The van der Waals surface area contributed by atoms with Crippen molar-refractivity contribution >= 4 is 44.9 Å². The highest BCUT2D eigenvalue weighted by Gasteiger charge is 2.20. The summed E-state index contributed by atoms with van der Waals surface area (Å²) in [6.07, 6.45) is 1.78. The predicted molar refractivity (Wildman–Crippen MR) is 150 cm³/mol. The van der Waals surface area contributed by atoms with Crippen LogP contribution in [0.1, 0.15) is 47.1 Å². The first-order valence-electron chi connectivity index (χ1n) is 12.2. The molecule has 0 fully saturated rings. The number of rotatable bonds is 4. The summed E-state index contributed by atoms with van der Waals surface area (Å²) in [5, 5.41) is 7.23. The highest BCUT2D eigenvalue weighted by atomic mass is 16.1. The van der Waals surface area contributed by atoms with Crippen LogP contribution in [0, 0.1) is 0 Å². The van der Waals surface area contributed by atoms with E-state index in [2.05, 4.69) is 75.4 Å². The van der Waals surface area contributed by atoms with Gasteiger partial charge in [-0.3, -0.25) is 9.59 Å². The Morgan fingerprint density at radius 3 is 1.50 bits per heavy atom. The smallest absolute Gasteiger partial charge is 0.150 e. The molecule has 6 aromatic rings. The minimum atomic E-state index is 0.0469. The van der Waals surface area contributed by atoms with Gasteiger partial charge in [-0.15, -0.1) is 0 Å². The third kappa shape index (κ3) is 3.49. The fourth-order valence-corrected chi connectivity index (χ4v) is 5.39. The van der Waals surface area contributed by atoms with E-state index < -0.39 is 0 Å². The Kier molecular flexibility index (Phi) is 5.01. The predicted octanol–water partition coefficient (Wildman–Crippen LogP) is 8.84. The maximum absolute atomic E-state index is 11.6. The molecule has 174 valence electrons. The molecule has 0 aliphatic carbocycles. The van der Waals surface area contributed by atoms with E-state index in [0.29, 0.717) is 11.1 Å². The molecule has 0 spiro atoms. The number of aldehydes is 2. The summed E-state index contributed by atoms with van der Waals surface area (Å²) in [4.78, 5) is 23.1. The van der Waals surface area contributed by atoms with Crippen LogP contribution >= 0.6 is 0 Å².